The Balaban J connectivity index is 2.12. The molecule has 1 heterocycles. The molecule has 1 atom stereocenters. The summed E-state index contributed by atoms with van der Waals surface area (Å²) in [7, 11) is 0. The summed E-state index contributed by atoms with van der Waals surface area (Å²) in [6, 6.07) is 6.89. The van der Waals surface area contributed by atoms with Gasteiger partial charge in [0.25, 0.3) is 5.91 Å². The third-order valence-electron chi connectivity index (χ3n) is 2.58. The Kier molecular flexibility index (Phi) is 3.32. The summed E-state index contributed by atoms with van der Waals surface area (Å²) in [6.45, 7) is 1.79. The van der Waals surface area contributed by atoms with Gasteiger partial charge in [-0.25, -0.2) is 4.39 Å². The van der Waals surface area contributed by atoms with Crippen molar-refractivity contribution < 1.29 is 13.6 Å². The molecule has 0 aliphatic heterocycles. The number of nitrogens with one attached hydrogen (secondary N) is 1. The molecule has 2 rings (SSSR count). The lowest BCUT2D eigenvalue weighted by atomic mass is 10.1. The van der Waals surface area contributed by atoms with Crippen molar-refractivity contribution in [1.82, 2.24) is 5.32 Å². The van der Waals surface area contributed by atoms with E-state index in [2.05, 4.69) is 5.32 Å². The first-order valence-corrected chi connectivity index (χ1v) is 5.47. The molecule has 0 aliphatic carbocycles. The molecule has 94 valence electrons. The molecular formula is C13H13FN2O2. The van der Waals surface area contributed by atoms with Gasteiger partial charge in [-0.1, -0.05) is 0 Å². The third-order valence-corrected chi connectivity index (χ3v) is 2.58. The Hall–Kier alpha value is -2.30. The zero-order valence-electron chi connectivity index (χ0n) is 9.81. The minimum Gasteiger partial charge on any atom is -0.467 e. The van der Waals surface area contributed by atoms with Gasteiger partial charge in [-0.05, 0) is 37.3 Å². The van der Waals surface area contributed by atoms with Crippen molar-refractivity contribution in [1.29, 1.82) is 0 Å². The number of nitrogen functional groups attached to an aromatic ring is 1. The summed E-state index contributed by atoms with van der Waals surface area (Å²) >= 11 is 0. The molecule has 3 N–H and O–H groups in total. The molecule has 0 unspecified atom stereocenters. The number of halogens is 1. The van der Waals surface area contributed by atoms with Crippen LogP contribution in [0.5, 0.6) is 0 Å². The maximum absolute atomic E-state index is 12.9. The quantitative estimate of drug-likeness (QED) is 0.820. The molecular weight excluding hydrogens is 235 g/mol. The van der Waals surface area contributed by atoms with E-state index in [1.807, 2.05) is 0 Å². The van der Waals surface area contributed by atoms with Gasteiger partial charge in [-0.15, -0.1) is 0 Å². The average molecular weight is 248 g/mol. The summed E-state index contributed by atoms with van der Waals surface area (Å²) in [5.41, 5.74) is 5.95. The fraction of sp³-hybridized carbons (Fsp3) is 0.154. The fourth-order valence-electron chi connectivity index (χ4n) is 1.62. The highest BCUT2D eigenvalue weighted by atomic mass is 19.1. The average Bonchev–Trinajstić information content (AvgIpc) is 2.81. The van der Waals surface area contributed by atoms with Crippen molar-refractivity contribution >= 4 is 11.6 Å². The Bertz CT molecular complexity index is 552. The number of benzene rings is 1. The number of carbonyl (C=O) groups excluding carboxylic acids is 1. The first-order chi connectivity index (χ1) is 8.58. The van der Waals surface area contributed by atoms with E-state index in [0.29, 0.717) is 5.76 Å². The molecule has 0 fully saturated rings. The lowest BCUT2D eigenvalue weighted by molar-refractivity contribution is 0.0936. The second-order valence-electron chi connectivity index (χ2n) is 3.94. The Morgan fingerprint density at radius 2 is 2.22 bits per heavy atom. The van der Waals surface area contributed by atoms with Crippen LogP contribution in [0.1, 0.15) is 29.1 Å². The van der Waals surface area contributed by atoms with E-state index in [1.165, 1.54) is 18.4 Å². The molecule has 0 radical (unpaired) electrons. The smallest absolute Gasteiger partial charge is 0.253 e. The van der Waals surface area contributed by atoms with Crippen LogP contribution in [0.3, 0.4) is 0 Å². The fourth-order valence-corrected chi connectivity index (χ4v) is 1.62. The highest BCUT2D eigenvalue weighted by molar-refractivity contribution is 5.99. The number of carbonyl (C=O) groups is 1. The van der Waals surface area contributed by atoms with E-state index in [-0.39, 0.29) is 23.2 Å². The van der Waals surface area contributed by atoms with E-state index < -0.39 is 5.82 Å². The predicted molar refractivity (Wildman–Crippen MR) is 65.4 cm³/mol. The zero-order chi connectivity index (χ0) is 13.1. The summed E-state index contributed by atoms with van der Waals surface area (Å²) in [4.78, 5) is 11.9. The molecule has 0 saturated heterocycles. The maximum atomic E-state index is 12.9. The molecule has 1 aromatic heterocycles. The minimum atomic E-state index is -0.469. The molecule has 18 heavy (non-hydrogen) atoms. The highest BCUT2D eigenvalue weighted by Gasteiger charge is 2.15. The number of furan rings is 1. The first kappa shape index (κ1) is 12.2. The van der Waals surface area contributed by atoms with Crippen molar-refractivity contribution in [3.8, 4) is 0 Å². The molecule has 0 bridgehead atoms. The van der Waals surface area contributed by atoms with Gasteiger partial charge in [0.2, 0.25) is 0 Å². The molecule has 0 spiro atoms. The van der Waals surface area contributed by atoms with Crippen molar-refractivity contribution in [2.45, 2.75) is 13.0 Å². The van der Waals surface area contributed by atoms with Crippen LogP contribution in [0.25, 0.3) is 0 Å². The van der Waals surface area contributed by atoms with Gasteiger partial charge in [-0.2, -0.15) is 0 Å². The van der Waals surface area contributed by atoms with Crippen molar-refractivity contribution in [2.24, 2.45) is 0 Å². The summed E-state index contributed by atoms with van der Waals surface area (Å²) in [6.07, 6.45) is 1.53. The number of hydrogen-bond donors (Lipinski definition) is 2. The molecule has 1 aromatic carbocycles. The number of rotatable bonds is 3. The molecule has 4 nitrogen and oxygen atoms in total. The topological polar surface area (TPSA) is 68.3 Å². The predicted octanol–water partition coefficient (Wildman–Crippen LogP) is 2.49. The lowest BCUT2D eigenvalue weighted by Gasteiger charge is -2.12. The molecule has 0 saturated carbocycles. The Morgan fingerprint density at radius 3 is 2.83 bits per heavy atom. The largest absolute Gasteiger partial charge is 0.467 e. The van der Waals surface area contributed by atoms with Crippen LogP contribution in [0.2, 0.25) is 0 Å². The second-order valence-corrected chi connectivity index (χ2v) is 3.94. The van der Waals surface area contributed by atoms with Crippen LogP contribution in [0, 0.1) is 5.82 Å². The van der Waals surface area contributed by atoms with Gasteiger partial charge in [0.05, 0.1) is 17.9 Å². The molecule has 2 aromatic rings. The van der Waals surface area contributed by atoms with Crippen LogP contribution in [0.15, 0.2) is 41.0 Å². The van der Waals surface area contributed by atoms with E-state index in [4.69, 9.17) is 10.2 Å². The van der Waals surface area contributed by atoms with Gasteiger partial charge in [-0.3, -0.25) is 4.79 Å². The molecule has 5 heteroatoms. The van der Waals surface area contributed by atoms with Gasteiger partial charge in [0.15, 0.2) is 0 Å². The summed E-state index contributed by atoms with van der Waals surface area (Å²) in [5, 5.41) is 2.72. The van der Waals surface area contributed by atoms with Crippen LogP contribution >= 0.6 is 0 Å². The van der Waals surface area contributed by atoms with Crippen LogP contribution in [-0.4, -0.2) is 5.91 Å². The lowest BCUT2D eigenvalue weighted by Crippen LogP contribution is -2.27. The van der Waals surface area contributed by atoms with E-state index in [9.17, 15) is 9.18 Å². The zero-order valence-corrected chi connectivity index (χ0v) is 9.81. The Labute approximate surface area is 104 Å². The summed E-state index contributed by atoms with van der Waals surface area (Å²) in [5.74, 6) is -0.191. The van der Waals surface area contributed by atoms with Crippen LogP contribution < -0.4 is 11.1 Å². The van der Waals surface area contributed by atoms with E-state index in [1.54, 1.807) is 19.1 Å². The van der Waals surface area contributed by atoms with Gasteiger partial charge in [0.1, 0.15) is 11.6 Å². The van der Waals surface area contributed by atoms with Gasteiger partial charge >= 0.3 is 0 Å². The normalized spacial score (nSPS) is 12.1. The number of nitrogens with two attached hydrogens (primary N) is 1. The van der Waals surface area contributed by atoms with E-state index in [0.717, 1.165) is 6.07 Å². The summed E-state index contributed by atoms with van der Waals surface area (Å²) < 4.78 is 18.0. The van der Waals surface area contributed by atoms with Crippen molar-refractivity contribution in [2.75, 3.05) is 5.73 Å². The SMILES string of the molecule is C[C@H](NC(=O)c1ccc(F)cc1N)c1ccco1. The highest BCUT2D eigenvalue weighted by Crippen LogP contribution is 2.17. The number of hydrogen-bond acceptors (Lipinski definition) is 3. The molecule has 1 amide bonds. The van der Waals surface area contributed by atoms with Crippen molar-refractivity contribution in [3.63, 3.8) is 0 Å². The number of amides is 1. The standard InChI is InChI=1S/C13H13FN2O2/c1-8(12-3-2-6-18-12)16-13(17)10-5-4-9(14)7-11(10)15/h2-8H,15H2,1H3,(H,16,17)/t8-/m0/s1. The first-order valence-electron chi connectivity index (χ1n) is 5.47. The van der Waals surface area contributed by atoms with Gasteiger partial charge in [0, 0.05) is 5.69 Å². The monoisotopic (exact) mass is 248 g/mol. The third kappa shape index (κ3) is 2.51. The van der Waals surface area contributed by atoms with Gasteiger partial charge < -0.3 is 15.5 Å². The maximum Gasteiger partial charge on any atom is 0.253 e. The minimum absolute atomic E-state index is 0.110. The Morgan fingerprint density at radius 1 is 1.44 bits per heavy atom. The van der Waals surface area contributed by atoms with E-state index >= 15 is 0 Å². The molecule has 0 aliphatic rings. The van der Waals surface area contributed by atoms with Crippen LogP contribution in [0.4, 0.5) is 10.1 Å². The van der Waals surface area contributed by atoms with Crippen LogP contribution in [-0.2, 0) is 0 Å². The van der Waals surface area contributed by atoms with Crippen molar-refractivity contribution in [3.05, 3.63) is 53.7 Å². The second kappa shape index (κ2) is 4.91. The number of anilines is 1.